The number of nitrogens with two attached hydrogens (primary N) is 1. The van der Waals surface area contributed by atoms with Crippen molar-refractivity contribution in [3.63, 3.8) is 0 Å². The summed E-state index contributed by atoms with van der Waals surface area (Å²) in [6.45, 7) is 3.94. The first kappa shape index (κ1) is 29.3. The van der Waals surface area contributed by atoms with E-state index in [0.29, 0.717) is 49.5 Å². The predicted molar refractivity (Wildman–Crippen MR) is 158 cm³/mol. The highest BCUT2D eigenvalue weighted by Gasteiger charge is 2.27. The first-order valence-electron chi connectivity index (χ1n) is 13.6. The molecule has 1 aliphatic heterocycles. The molecule has 1 aliphatic rings. The molecule has 1 saturated heterocycles. The van der Waals surface area contributed by atoms with Crippen molar-refractivity contribution in [3.05, 3.63) is 99.1 Å². The summed E-state index contributed by atoms with van der Waals surface area (Å²) in [7, 11) is 0. The summed E-state index contributed by atoms with van der Waals surface area (Å²) in [4.78, 5) is 43.9. The number of amides is 1. The molecular formula is C30H29F2N7O4. The Morgan fingerprint density at radius 1 is 1.14 bits per heavy atom. The Kier molecular flexibility index (Phi) is 8.44. The smallest absolute Gasteiger partial charge is 0.341 e. The van der Waals surface area contributed by atoms with Crippen LogP contribution in [0.15, 0.2) is 64.9 Å². The number of aromatic carboxylic acids is 1. The normalized spacial score (nSPS) is 14.0. The molecule has 13 heteroatoms. The van der Waals surface area contributed by atoms with Crippen LogP contribution in [0.1, 0.15) is 38.8 Å². The molecule has 2 aromatic carbocycles. The van der Waals surface area contributed by atoms with E-state index >= 15 is 8.78 Å². The molecule has 1 fully saturated rings. The monoisotopic (exact) mass is 589 g/mol. The zero-order chi connectivity index (χ0) is 30.7. The molecule has 0 unspecified atom stereocenters. The number of pyridine rings is 2. The van der Waals surface area contributed by atoms with Gasteiger partial charge in [0.05, 0.1) is 17.1 Å². The number of nitrogens with zero attached hydrogens (tertiary/aromatic N) is 5. The number of carboxylic acid groups (broad SMARTS) is 1. The van der Waals surface area contributed by atoms with E-state index < -0.39 is 28.6 Å². The average Bonchev–Trinajstić information content (AvgIpc) is 3.00. The number of fused-ring (bicyclic) bond motifs is 1. The van der Waals surface area contributed by atoms with Crippen molar-refractivity contribution in [1.82, 2.24) is 19.9 Å². The fraction of sp³-hybridized carbons (Fsp3) is 0.233. The Balaban J connectivity index is 1.29. The molecule has 2 aromatic heterocycles. The predicted octanol–water partition coefficient (Wildman–Crippen LogP) is 3.06. The highest BCUT2D eigenvalue weighted by atomic mass is 19.1. The number of aromatic nitrogens is 2. The number of piperazine rings is 1. The van der Waals surface area contributed by atoms with Gasteiger partial charge < -0.3 is 20.3 Å². The van der Waals surface area contributed by atoms with Crippen molar-refractivity contribution in [2.45, 2.75) is 20.0 Å². The molecule has 0 spiro atoms. The summed E-state index contributed by atoms with van der Waals surface area (Å²) in [5.41, 5.74) is 9.39. The third-order valence-corrected chi connectivity index (χ3v) is 7.43. The minimum absolute atomic E-state index is 0.125. The maximum Gasteiger partial charge on any atom is 0.341 e. The van der Waals surface area contributed by atoms with Gasteiger partial charge in [-0.25, -0.2) is 19.0 Å². The first-order chi connectivity index (χ1) is 20.7. The van der Waals surface area contributed by atoms with Crippen LogP contribution in [-0.2, 0) is 13.1 Å². The molecule has 222 valence electrons. The first-order valence-corrected chi connectivity index (χ1v) is 13.6. The summed E-state index contributed by atoms with van der Waals surface area (Å²) in [5.74, 6) is -3.66. The minimum atomic E-state index is -1.46. The van der Waals surface area contributed by atoms with Crippen molar-refractivity contribution in [2.24, 2.45) is 5.10 Å². The van der Waals surface area contributed by atoms with E-state index in [1.807, 2.05) is 12.1 Å². The van der Waals surface area contributed by atoms with Gasteiger partial charge in [0, 0.05) is 74.7 Å². The summed E-state index contributed by atoms with van der Waals surface area (Å²) in [6.07, 6.45) is 5.58. The van der Waals surface area contributed by atoms with Crippen LogP contribution in [0, 0.1) is 11.6 Å². The van der Waals surface area contributed by atoms with Gasteiger partial charge in [0.1, 0.15) is 17.1 Å². The van der Waals surface area contributed by atoms with Crippen LogP contribution < -0.4 is 21.5 Å². The third kappa shape index (κ3) is 5.93. The Bertz CT molecular complexity index is 1790. The van der Waals surface area contributed by atoms with E-state index in [1.165, 1.54) is 23.2 Å². The van der Waals surface area contributed by atoms with Crippen LogP contribution in [0.4, 0.5) is 20.2 Å². The number of nitrogens with one attached hydrogen (secondary N) is 1. The van der Waals surface area contributed by atoms with E-state index in [4.69, 9.17) is 5.73 Å². The van der Waals surface area contributed by atoms with E-state index in [9.17, 15) is 19.5 Å². The molecule has 0 atom stereocenters. The number of hydrogen-bond acceptors (Lipinski definition) is 8. The van der Waals surface area contributed by atoms with Gasteiger partial charge in [-0.2, -0.15) is 5.10 Å². The van der Waals surface area contributed by atoms with Crippen molar-refractivity contribution < 1.29 is 23.5 Å². The fourth-order valence-electron chi connectivity index (χ4n) is 5.15. The zero-order valence-corrected chi connectivity index (χ0v) is 23.3. The van der Waals surface area contributed by atoms with Crippen molar-refractivity contribution in [2.75, 3.05) is 36.8 Å². The van der Waals surface area contributed by atoms with Gasteiger partial charge in [0.15, 0.2) is 5.82 Å². The number of rotatable bonds is 8. The molecule has 5 rings (SSSR count). The number of carbonyl (C=O) groups excluding carboxylic acids is 1. The average molecular weight is 590 g/mol. The fourth-order valence-corrected chi connectivity index (χ4v) is 5.15. The second kappa shape index (κ2) is 12.4. The Morgan fingerprint density at radius 3 is 2.53 bits per heavy atom. The number of carboxylic acids is 1. The summed E-state index contributed by atoms with van der Waals surface area (Å²) in [5, 5.41) is 13.1. The van der Waals surface area contributed by atoms with Gasteiger partial charge in [-0.3, -0.25) is 19.5 Å². The second-order valence-electron chi connectivity index (χ2n) is 10.00. The van der Waals surface area contributed by atoms with Gasteiger partial charge in [-0.1, -0.05) is 18.2 Å². The summed E-state index contributed by atoms with van der Waals surface area (Å²) >= 11 is 0. The van der Waals surface area contributed by atoms with Crippen LogP contribution in [0.25, 0.3) is 10.9 Å². The standard InChI is InChI=1S/C30H29F2N7O4/c1-2-38-17-22(30(42)43)28(40)21-14-23(31)27(24(32)26(21)38)39-12-10-37(11-13-39)16-20-5-3-4-19(25(20)33)15-35-36-29(41)18-6-8-34-9-7-18/h3-9,14-15,17H,2,10-13,16,33H2,1H3,(H,36,41)(H,42,43)/b35-15+. The maximum atomic E-state index is 15.8. The van der Waals surface area contributed by atoms with E-state index in [2.05, 4.69) is 20.4 Å². The molecule has 0 saturated carbocycles. The Hall–Kier alpha value is -5.17. The molecule has 1 amide bonds. The van der Waals surface area contributed by atoms with Gasteiger partial charge in [-0.05, 0) is 30.7 Å². The molecule has 4 aromatic rings. The number of nitrogen functional groups attached to an aromatic ring is 1. The van der Waals surface area contributed by atoms with Crippen LogP contribution in [0.3, 0.4) is 0 Å². The Morgan fingerprint density at radius 2 is 1.86 bits per heavy atom. The van der Waals surface area contributed by atoms with Crippen LogP contribution >= 0.6 is 0 Å². The van der Waals surface area contributed by atoms with Crippen LogP contribution in [0.5, 0.6) is 0 Å². The largest absolute Gasteiger partial charge is 0.477 e. The lowest BCUT2D eigenvalue weighted by Gasteiger charge is -2.36. The van der Waals surface area contributed by atoms with Crippen LogP contribution in [-0.4, -0.2) is 63.8 Å². The molecule has 43 heavy (non-hydrogen) atoms. The lowest BCUT2D eigenvalue weighted by molar-refractivity contribution is 0.0694. The number of hydrogen-bond donors (Lipinski definition) is 3. The van der Waals surface area contributed by atoms with Gasteiger partial charge in [0.2, 0.25) is 5.43 Å². The van der Waals surface area contributed by atoms with Crippen molar-refractivity contribution >= 4 is 40.4 Å². The third-order valence-electron chi connectivity index (χ3n) is 7.43. The molecule has 11 nitrogen and oxygen atoms in total. The van der Waals surface area contributed by atoms with E-state index in [0.717, 1.165) is 17.8 Å². The highest BCUT2D eigenvalue weighted by molar-refractivity contribution is 5.95. The highest BCUT2D eigenvalue weighted by Crippen LogP contribution is 2.31. The quantitative estimate of drug-likeness (QED) is 0.162. The number of anilines is 2. The number of carbonyl (C=O) groups is 2. The molecule has 0 radical (unpaired) electrons. The van der Waals surface area contributed by atoms with Crippen LogP contribution in [0.2, 0.25) is 0 Å². The molecule has 3 heterocycles. The number of benzene rings is 2. The summed E-state index contributed by atoms with van der Waals surface area (Å²) < 4.78 is 32.4. The van der Waals surface area contributed by atoms with Gasteiger partial charge in [0.25, 0.3) is 5.91 Å². The lowest BCUT2D eigenvalue weighted by Crippen LogP contribution is -2.46. The molecular weight excluding hydrogens is 560 g/mol. The van der Waals surface area contributed by atoms with Gasteiger partial charge in [-0.15, -0.1) is 0 Å². The maximum absolute atomic E-state index is 15.8. The zero-order valence-electron chi connectivity index (χ0n) is 23.3. The molecule has 0 bridgehead atoms. The number of aryl methyl sites for hydroxylation is 1. The number of para-hydroxylation sites is 1. The van der Waals surface area contributed by atoms with E-state index in [-0.39, 0.29) is 29.0 Å². The SMILES string of the molecule is CCn1cc(C(=O)O)c(=O)c2cc(F)c(N3CCN(Cc4cccc(/C=N/NC(=O)c5ccncc5)c4N)CC3)c(F)c21. The summed E-state index contributed by atoms with van der Waals surface area (Å²) in [6, 6.07) is 9.56. The van der Waals surface area contributed by atoms with E-state index in [1.54, 1.807) is 30.0 Å². The van der Waals surface area contributed by atoms with Gasteiger partial charge >= 0.3 is 5.97 Å². The second-order valence-corrected chi connectivity index (χ2v) is 10.00. The van der Waals surface area contributed by atoms with Crippen molar-refractivity contribution in [1.29, 1.82) is 0 Å². The van der Waals surface area contributed by atoms with Crippen molar-refractivity contribution in [3.8, 4) is 0 Å². The number of hydrazone groups is 1. The molecule has 4 N–H and O–H groups in total. The number of halogens is 2. The Labute approximate surface area is 244 Å². The molecule has 0 aliphatic carbocycles. The minimum Gasteiger partial charge on any atom is -0.477 e. The topological polar surface area (TPSA) is 146 Å². The lowest BCUT2D eigenvalue weighted by atomic mass is 10.1.